The molecule has 0 aliphatic rings. The third-order valence-corrected chi connectivity index (χ3v) is 3.82. The lowest BCUT2D eigenvalue weighted by atomic mass is 9.91. The fraction of sp³-hybridized carbons (Fsp3) is 0.938. The van der Waals surface area contributed by atoms with Crippen LogP contribution in [0.4, 0.5) is 0 Å². The molecule has 0 radical (unpaired) electrons. The van der Waals surface area contributed by atoms with E-state index in [2.05, 4.69) is 37.9 Å². The Kier molecular flexibility index (Phi) is 9.83. The average Bonchev–Trinajstić information content (AvgIpc) is 2.40. The number of methoxy groups -OCH3 is 1. The van der Waals surface area contributed by atoms with Gasteiger partial charge in [0.1, 0.15) is 0 Å². The lowest BCUT2D eigenvalue weighted by molar-refractivity contribution is -0.124. The van der Waals surface area contributed by atoms with E-state index in [1.54, 1.807) is 7.11 Å². The van der Waals surface area contributed by atoms with E-state index >= 15 is 0 Å². The molecule has 0 saturated heterocycles. The quantitative estimate of drug-likeness (QED) is 0.575. The van der Waals surface area contributed by atoms with Crippen LogP contribution in [0.2, 0.25) is 0 Å². The van der Waals surface area contributed by atoms with Crippen LogP contribution in [0.25, 0.3) is 0 Å². The summed E-state index contributed by atoms with van der Waals surface area (Å²) in [6.07, 6.45) is 1.69. The number of nitrogens with zero attached hydrogens (tertiary/aromatic N) is 1. The van der Waals surface area contributed by atoms with Gasteiger partial charge < -0.3 is 15.8 Å². The van der Waals surface area contributed by atoms with Crippen LogP contribution in [0.15, 0.2) is 0 Å². The van der Waals surface area contributed by atoms with E-state index < -0.39 is 5.54 Å². The van der Waals surface area contributed by atoms with Crippen LogP contribution >= 0.6 is 0 Å². The van der Waals surface area contributed by atoms with Crippen LogP contribution in [-0.2, 0) is 9.53 Å². The number of nitrogens with two attached hydrogens (primary N) is 1. The Hall–Kier alpha value is -0.650. The van der Waals surface area contributed by atoms with Crippen molar-refractivity contribution in [2.75, 3.05) is 33.4 Å². The number of hydrogen-bond acceptors (Lipinski definition) is 4. The van der Waals surface area contributed by atoms with Crippen LogP contribution in [0.1, 0.15) is 47.5 Å². The number of ether oxygens (including phenoxy) is 1. The van der Waals surface area contributed by atoms with Gasteiger partial charge in [-0.15, -0.1) is 0 Å². The molecule has 0 spiro atoms. The maximum absolute atomic E-state index is 11.8. The highest BCUT2D eigenvalue weighted by Gasteiger charge is 2.33. The van der Waals surface area contributed by atoms with Crippen molar-refractivity contribution in [3.63, 3.8) is 0 Å². The number of hydrogen-bond donors (Lipinski definition) is 2. The third-order valence-electron chi connectivity index (χ3n) is 3.82. The molecule has 0 aromatic heterocycles. The van der Waals surface area contributed by atoms with Gasteiger partial charge in [-0.05, 0) is 39.2 Å². The van der Waals surface area contributed by atoms with Gasteiger partial charge in [0.2, 0.25) is 5.91 Å². The van der Waals surface area contributed by atoms with Gasteiger partial charge >= 0.3 is 0 Å². The Bertz CT molecular complexity index is 297. The molecule has 21 heavy (non-hydrogen) atoms. The lowest BCUT2D eigenvalue weighted by Crippen LogP contribution is -2.57. The zero-order valence-electron chi connectivity index (χ0n) is 14.7. The molecule has 0 rings (SSSR count). The van der Waals surface area contributed by atoms with Crippen LogP contribution < -0.4 is 11.1 Å². The zero-order valence-corrected chi connectivity index (χ0v) is 14.7. The predicted molar refractivity (Wildman–Crippen MR) is 88.3 cm³/mol. The van der Waals surface area contributed by atoms with Gasteiger partial charge in [0.05, 0.1) is 12.1 Å². The number of primary amides is 1. The number of rotatable bonds is 12. The molecule has 2 atom stereocenters. The molecule has 0 aromatic rings. The van der Waals surface area contributed by atoms with Gasteiger partial charge in [0.15, 0.2) is 0 Å². The van der Waals surface area contributed by atoms with E-state index in [0.29, 0.717) is 18.9 Å². The first-order valence-electron chi connectivity index (χ1n) is 8.04. The topological polar surface area (TPSA) is 67.6 Å². The summed E-state index contributed by atoms with van der Waals surface area (Å²) >= 11 is 0. The van der Waals surface area contributed by atoms with E-state index in [-0.39, 0.29) is 11.9 Å². The molecular weight excluding hydrogens is 266 g/mol. The Morgan fingerprint density at radius 3 is 2.43 bits per heavy atom. The van der Waals surface area contributed by atoms with Crippen molar-refractivity contribution in [3.05, 3.63) is 0 Å². The Balaban J connectivity index is 4.79. The van der Waals surface area contributed by atoms with Crippen LogP contribution in [-0.4, -0.2) is 55.7 Å². The predicted octanol–water partition coefficient (Wildman–Crippen LogP) is 1.61. The van der Waals surface area contributed by atoms with Gasteiger partial charge in [-0.1, -0.05) is 20.8 Å². The highest BCUT2D eigenvalue weighted by atomic mass is 16.5. The molecule has 0 fully saturated rings. The second kappa shape index (κ2) is 10.1. The SMILES string of the molecule is CCCNC(C)(CC(C)N(CCOC)CC(C)C)C(N)=O. The van der Waals surface area contributed by atoms with Gasteiger partial charge in [0, 0.05) is 26.2 Å². The van der Waals surface area contributed by atoms with E-state index in [1.165, 1.54) is 0 Å². The van der Waals surface area contributed by atoms with Gasteiger partial charge in [0.25, 0.3) is 0 Å². The first-order valence-corrected chi connectivity index (χ1v) is 8.04. The molecule has 0 heterocycles. The largest absolute Gasteiger partial charge is 0.383 e. The van der Waals surface area contributed by atoms with Crippen molar-refractivity contribution in [1.29, 1.82) is 0 Å². The second-order valence-electron chi connectivity index (χ2n) is 6.56. The maximum Gasteiger partial charge on any atom is 0.237 e. The second-order valence-corrected chi connectivity index (χ2v) is 6.56. The Morgan fingerprint density at radius 2 is 2.00 bits per heavy atom. The third kappa shape index (κ3) is 7.79. The van der Waals surface area contributed by atoms with Gasteiger partial charge in [-0.3, -0.25) is 9.69 Å². The fourth-order valence-corrected chi connectivity index (χ4v) is 2.55. The molecule has 126 valence electrons. The summed E-state index contributed by atoms with van der Waals surface area (Å²) in [5.41, 5.74) is 4.96. The van der Waals surface area contributed by atoms with Crippen molar-refractivity contribution >= 4 is 5.91 Å². The van der Waals surface area contributed by atoms with E-state index in [9.17, 15) is 4.79 Å². The van der Waals surface area contributed by atoms with E-state index in [0.717, 1.165) is 26.1 Å². The number of carbonyl (C=O) groups is 1. The summed E-state index contributed by atoms with van der Waals surface area (Å²) in [6.45, 7) is 13.9. The summed E-state index contributed by atoms with van der Waals surface area (Å²) < 4.78 is 5.20. The molecule has 5 nitrogen and oxygen atoms in total. The summed E-state index contributed by atoms with van der Waals surface area (Å²) in [7, 11) is 1.72. The van der Waals surface area contributed by atoms with Crippen molar-refractivity contribution < 1.29 is 9.53 Å². The minimum atomic E-state index is -0.655. The molecule has 3 N–H and O–H groups in total. The average molecular weight is 301 g/mol. The molecular formula is C16H35N3O2. The molecule has 5 heteroatoms. The molecule has 2 unspecified atom stereocenters. The highest BCUT2D eigenvalue weighted by molar-refractivity contribution is 5.84. The number of nitrogens with one attached hydrogen (secondary N) is 1. The number of amides is 1. The summed E-state index contributed by atoms with van der Waals surface area (Å²) in [6, 6.07) is 0.268. The van der Waals surface area contributed by atoms with Crippen LogP contribution in [0.5, 0.6) is 0 Å². The molecule has 1 amide bonds. The number of carbonyl (C=O) groups excluding carboxylic acids is 1. The summed E-state index contributed by atoms with van der Waals surface area (Å²) in [5.74, 6) is 0.298. The standard InChI is InChI=1S/C16H35N3O2/c1-7-8-18-16(5,15(17)20)11-14(4)19(9-10-21-6)12-13(2)3/h13-14,18H,7-12H2,1-6H3,(H2,17,20). The normalized spacial score (nSPS) is 16.2. The summed E-state index contributed by atoms with van der Waals surface area (Å²) in [4.78, 5) is 14.2. The van der Waals surface area contributed by atoms with Crippen molar-refractivity contribution in [3.8, 4) is 0 Å². The minimum Gasteiger partial charge on any atom is -0.383 e. The minimum absolute atomic E-state index is 0.268. The first kappa shape index (κ1) is 20.3. The van der Waals surface area contributed by atoms with Crippen LogP contribution in [0.3, 0.4) is 0 Å². The Morgan fingerprint density at radius 1 is 1.38 bits per heavy atom. The fourth-order valence-electron chi connectivity index (χ4n) is 2.55. The molecule has 0 aromatic carbocycles. The van der Waals surface area contributed by atoms with Gasteiger partial charge in [-0.25, -0.2) is 0 Å². The zero-order chi connectivity index (χ0) is 16.5. The molecule has 0 saturated carbocycles. The van der Waals surface area contributed by atoms with E-state index in [1.807, 2.05) is 6.92 Å². The van der Waals surface area contributed by atoms with E-state index in [4.69, 9.17) is 10.5 Å². The highest BCUT2D eigenvalue weighted by Crippen LogP contribution is 2.17. The van der Waals surface area contributed by atoms with Gasteiger partial charge in [-0.2, -0.15) is 0 Å². The van der Waals surface area contributed by atoms with Crippen molar-refractivity contribution in [1.82, 2.24) is 10.2 Å². The van der Waals surface area contributed by atoms with Crippen LogP contribution in [0, 0.1) is 5.92 Å². The monoisotopic (exact) mass is 301 g/mol. The maximum atomic E-state index is 11.8. The first-order chi connectivity index (χ1) is 9.76. The van der Waals surface area contributed by atoms with Crippen molar-refractivity contribution in [2.24, 2.45) is 11.7 Å². The molecule has 0 bridgehead atoms. The summed E-state index contributed by atoms with van der Waals surface area (Å²) in [5, 5.41) is 3.31. The molecule has 0 aliphatic heterocycles. The van der Waals surface area contributed by atoms with Crippen molar-refractivity contribution in [2.45, 2.75) is 59.0 Å². The molecule has 0 aliphatic carbocycles. The lowest BCUT2D eigenvalue weighted by Gasteiger charge is -2.36. The Labute approximate surface area is 130 Å². The smallest absolute Gasteiger partial charge is 0.237 e.